The SMILES string of the molecule is CCCCN(CCCC)C(=O)OC[C@@H]1CC[C@@]2(COc3nc(N4CCC[C@@](C)(O)C4)c4cnc(-c5cc(OCOC)cc6ccc(F)c(CC)c56)c(F)c4n3)CCCN12. The molecule has 0 aliphatic carbocycles. The van der Waals surface area contributed by atoms with E-state index in [0.29, 0.717) is 84.4 Å². The summed E-state index contributed by atoms with van der Waals surface area (Å²) in [6, 6.07) is 6.59. The van der Waals surface area contributed by atoms with Gasteiger partial charge in [0.2, 0.25) is 0 Å². The first-order valence-corrected chi connectivity index (χ1v) is 21.5. The summed E-state index contributed by atoms with van der Waals surface area (Å²) in [5.74, 6) is -0.244. The minimum Gasteiger partial charge on any atom is -0.468 e. The highest BCUT2D eigenvalue weighted by molar-refractivity contribution is 6.01. The van der Waals surface area contributed by atoms with Crippen molar-refractivity contribution < 1.29 is 37.6 Å². The lowest BCUT2D eigenvalue weighted by Crippen LogP contribution is -2.48. The zero-order valence-corrected chi connectivity index (χ0v) is 35.3. The Morgan fingerprint density at radius 2 is 1.80 bits per heavy atom. The van der Waals surface area contributed by atoms with Crippen LogP contribution in [0, 0.1) is 11.6 Å². The number of amides is 1. The number of hydrogen-bond acceptors (Lipinski definition) is 11. The van der Waals surface area contributed by atoms with E-state index in [0.717, 1.165) is 57.9 Å². The number of aryl methyl sites for hydroxylation is 1. The molecule has 3 fully saturated rings. The second kappa shape index (κ2) is 18.5. The van der Waals surface area contributed by atoms with Gasteiger partial charge in [0.05, 0.1) is 16.5 Å². The molecule has 59 heavy (non-hydrogen) atoms. The number of β-amino-alcohol motifs (C(OH)–C–C–N with tert-alkyl or cyclic N) is 1. The fourth-order valence-electron chi connectivity index (χ4n) is 9.39. The highest BCUT2D eigenvalue weighted by Gasteiger charge is 2.50. The zero-order chi connectivity index (χ0) is 41.7. The Hall–Kier alpha value is -4.40. The highest BCUT2D eigenvalue weighted by Crippen LogP contribution is 2.44. The molecule has 1 amide bonds. The number of ether oxygens (including phenoxy) is 4. The quantitative estimate of drug-likeness (QED) is 0.103. The Morgan fingerprint density at radius 1 is 1.02 bits per heavy atom. The Balaban J connectivity index is 1.22. The minimum atomic E-state index is -0.973. The van der Waals surface area contributed by atoms with Crippen LogP contribution in [0.4, 0.5) is 19.4 Å². The summed E-state index contributed by atoms with van der Waals surface area (Å²) in [7, 11) is 1.51. The van der Waals surface area contributed by atoms with Crippen LogP contribution in [0.25, 0.3) is 32.9 Å². The van der Waals surface area contributed by atoms with Gasteiger partial charge in [0.15, 0.2) is 12.6 Å². The van der Waals surface area contributed by atoms with Crippen LogP contribution in [-0.4, -0.2) is 113 Å². The number of aromatic nitrogens is 3. The number of unbranched alkanes of at least 4 members (excludes halogenated alkanes) is 2. The predicted molar refractivity (Wildman–Crippen MR) is 224 cm³/mol. The first kappa shape index (κ1) is 42.7. The van der Waals surface area contributed by atoms with Gasteiger partial charge in [0, 0.05) is 51.1 Å². The normalized spacial score (nSPS) is 22.0. The van der Waals surface area contributed by atoms with Crippen LogP contribution in [0.2, 0.25) is 0 Å². The van der Waals surface area contributed by atoms with E-state index < -0.39 is 11.4 Å². The molecule has 5 heterocycles. The van der Waals surface area contributed by atoms with Crippen LogP contribution in [0.15, 0.2) is 30.5 Å². The van der Waals surface area contributed by atoms with Crippen LogP contribution in [0.1, 0.15) is 97.5 Å². The van der Waals surface area contributed by atoms with Crippen LogP contribution in [0.5, 0.6) is 11.8 Å². The average molecular weight is 819 g/mol. The number of carbonyl (C=O) groups is 1. The topological polar surface area (TPSA) is 123 Å². The van der Waals surface area contributed by atoms with E-state index in [4.69, 9.17) is 28.9 Å². The molecule has 0 saturated carbocycles. The van der Waals surface area contributed by atoms with Crippen molar-refractivity contribution in [3.8, 4) is 23.0 Å². The van der Waals surface area contributed by atoms with Gasteiger partial charge in [-0.1, -0.05) is 39.7 Å². The van der Waals surface area contributed by atoms with Crippen molar-refractivity contribution in [2.45, 2.75) is 116 Å². The number of piperidine rings is 1. The number of methoxy groups -OCH3 is 1. The summed E-state index contributed by atoms with van der Waals surface area (Å²) in [5, 5.41) is 12.7. The summed E-state index contributed by atoms with van der Waals surface area (Å²) in [6.07, 6.45) is 10.5. The van der Waals surface area contributed by atoms with Crippen LogP contribution in [-0.2, 0) is 15.9 Å². The lowest BCUT2D eigenvalue weighted by Gasteiger charge is -2.38. The lowest BCUT2D eigenvalue weighted by atomic mass is 9.94. The summed E-state index contributed by atoms with van der Waals surface area (Å²) in [6.45, 7) is 11.6. The smallest absolute Gasteiger partial charge is 0.409 e. The fraction of sp³-hybridized carbons (Fsp3) is 0.600. The van der Waals surface area contributed by atoms with Gasteiger partial charge in [-0.25, -0.2) is 13.6 Å². The van der Waals surface area contributed by atoms with Gasteiger partial charge in [-0.2, -0.15) is 9.97 Å². The van der Waals surface area contributed by atoms with Crippen LogP contribution in [0.3, 0.4) is 0 Å². The molecule has 0 radical (unpaired) electrons. The molecule has 0 unspecified atom stereocenters. The molecule has 2 aromatic heterocycles. The Labute approximate surface area is 346 Å². The molecule has 320 valence electrons. The maximum atomic E-state index is 17.3. The van der Waals surface area contributed by atoms with Gasteiger partial charge in [0.25, 0.3) is 0 Å². The largest absolute Gasteiger partial charge is 0.468 e. The Morgan fingerprint density at radius 3 is 2.53 bits per heavy atom. The third-order valence-electron chi connectivity index (χ3n) is 12.4. The molecular weight excluding hydrogens is 759 g/mol. The molecular formula is C45H60F2N6O6. The maximum Gasteiger partial charge on any atom is 0.409 e. The van der Waals surface area contributed by atoms with Gasteiger partial charge in [-0.15, -0.1) is 0 Å². The molecule has 4 aromatic rings. The molecule has 0 spiro atoms. The molecule has 0 bridgehead atoms. The van der Waals surface area contributed by atoms with Gasteiger partial charge in [-0.05, 0) is 106 Å². The van der Waals surface area contributed by atoms with E-state index in [9.17, 15) is 9.90 Å². The Kier molecular flexibility index (Phi) is 13.4. The third kappa shape index (κ3) is 9.05. The molecule has 1 N–H and O–H groups in total. The molecule has 3 saturated heterocycles. The maximum absolute atomic E-state index is 17.3. The van der Waals surface area contributed by atoms with Crippen molar-refractivity contribution in [1.82, 2.24) is 24.8 Å². The van der Waals surface area contributed by atoms with Crippen LogP contribution < -0.4 is 14.4 Å². The van der Waals surface area contributed by atoms with E-state index in [-0.39, 0.29) is 60.7 Å². The van der Waals surface area contributed by atoms with Crippen molar-refractivity contribution in [3.63, 3.8) is 0 Å². The number of fused-ring (bicyclic) bond motifs is 3. The van der Waals surface area contributed by atoms with Gasteiger partial charge < -0.3 is 33.9 Å². The molecule has 3 atom stereocenters. The summed E-state index contributed by atoms with van der Waals surface area (Å²) < 4.78 is 56.1. The molecule has 14 heteroatoms. The second-order valence-electron chi connectivity index (χ2n) is 16.8. The number of hydrogen-bond donors (Lipinski definition) is 1. The average Bonchev–Trinajstić information content (AvgIpc) is 3.80. The summed E-state index contributed by atoms with van der Waals surface area (Å²) in [4.78, 5) is 33.7. The molecule has 3 aliphatic rings. The van der Waals surface area contributed by atoms with E-state index in [2.05, 4.69) is 23.7 Å². The van der Waals surface area contributed by atoms with Crippen molar-refractivity contribution in [3.05, 3.63) is 47.7 Å². The highest BCUT2D eigenvalue weighted by atomic mass is 19.1. The number of nitrogens with zero attached hydrogens (tertiary/aromatic N) is 6. The lowest BCUT2D eigenvalue weighted by molar-refractivity contribution is 0.0427. The number of anilines is 1. The fourth-order valence-corrected chi connectivity index (χ4v) is 9.39. The number of carbonyl (C=O) groups excluding carboxylic acids is 1. The monoisotopic (exact) mass is 818 g/mol. The molecule has 3 aliphatic heterocycles. The first-order chi connectivity index (χ1) is 28.5. The zero-order valence-electron chi connectivity index (χ0n) is 35.3. The third-order valence-corrected chi connectivity index (χ3v) is 12.4. The Bertz CT molecular complexity index is 2110. The number of benzene rings is 2. The van der Waals surface area contributed by atoms with Gasteiger partial charge in [0.1, 0.15) is 41.8 Å². The van der Waals surface area contributed by atoms with Crippen molar-refractivity contribution >= 4 is 33.6 Å². The second-order valence-corrected chi connectivity index (χ2v) is 16.8. The summed E-state index contributed by atoms with van der Waals surface area (Å²) >= 11 is 0. The number of pyridine rings is 1. The number of rotatable bonds is 17. The molecule has 12 nitrogen and oxygen atoms in total. The number of halogens is 2. The number of aliphatic hydroxyl groups is 1. The first-order valence-electron chi connectivity index (χ1n) is 21.5. The van der Waals surface area contributed by atoms with Gasteiger partial charge >= 0.3 is 12.1 Å². The molecule has 2 aromatic carbocycles. The van der Waals surface area contributed by atoms with E-state index in [1.165, 1.54) is 13.2 Å². The van der Waals surface area contributed by atoms with Crippen molar-refractivity contribution in [2.24, 2.45) is 0 Å². The minimum absolute atomic E-state index is 0.0106. The standard InChI is InChI=1S/C45H60F2N6O6/c1-6-9-19-51(20-10-7-2)43(54)57-26-31-15-18-45(17-12-22-53(31)45)28-58-42-49-40-35(41(50-42)52-21-11-16-44(4,55)27-52)25-48-39(38(40)47)34-24-32(59-29-56-5)23-30-13-14-36(46)33(8-3)37(30)34/h13-14,23-25,31,55H,6-12,15-22,26-29H2,1-5H3/t31-,44+,45+/m0/s1. The van der Waals surface area contributed by atoms with E-state index in [1.807, 2.05) is 16.7 Å². The van der Waals surface area contributed by atoms with Crippen LogP contribution >= 0.6 is 0 Å². The van der Waals surface area contributed by atoms with E-state index >= 15 is 8.78 Å². The summed E-state index contributed by atoms with van der Waals surface area (Å²) in [5.41, 5.74) is -0.472. The predicted octanol–water partition coefficient (Wildman–Crippen LogP) is 8.43. The molecule has 7 rings (SSSR count). The van der Waals surface area contributed by atoms with E-state index in [1.54, 1.807) is 31.3 Å². The van der Waals surface area contributed by atoms with Crippen molar-refractivity contribution in [2.75, 3.05) is 64.7 Å². The van der Waals surface area contributed by atoms with Gasteiger partial charge in [-0.3, -0.25) is 9.88 Å². The van der Waals surface area contributed by atoms with Crippen molar-refractivity contribution in [1.29, 1.82) is 0 Å².